The number of aromatic nitrogens is 2. The Kier molecular flexibility index (Phi) is 5.70. The molecule has 0 spiro atoms. The average molecular weight is 380 g/mol. The molecule has 28 heavy (non-hydrogen) atoms. The van der Waals surface area contributed by atoms with Gasteiger partial charge in [-0.1, -0.05) is 49.0 Å². The molecule has 1 aliphatic rings. The van der Waals surface area contributed by atoms with Gasteiger partial charge in [0.1, 0.15) is 0 Å². The van der Waals surface area contributed by atoms with Crippen molar-refractivity contribution < 1.29 is 13.7 Å². The van der Waals surface area contributed by atoms with Crippen LogP contribution in [0.1, 0.15) is 50.0 Å². The van der Waals surface area contributed by atoms with Gasteiger partial charge in [-0.25, -0.2) is 4.79 Å². The second kappa shape index (κ2) is 8.73. The summed E-state index contributed by atoms with van der Waals surface area (Å²) in [6.45, 7) is 0. The Labute approximate surface area is 163 Å². The molecule has 3 aromatic rings. The maximum Gasteiger partial charge on any atom is 0.319 e. The van der Waals surface area contributed by atoms with Crippen molar-refractivity contribution in [1.82, 2.24) is 15.5 Å². The molecule has 2 N–H and O–H groups in total. The Morgan fingerprint density at radius 2 is 1.89 bits per heavy atom. The molecule has 146 valence electrons. The molecule has 0 radical (unpaired) electrons. The van der Waals surface area contributed by atoms with E-state index in [-0.39, 0.29) is 12.1 Å². The molecular weight excluding hydrogens is 356 g/mol. The van der Waals surface area contributed by atoms with Gasteiger partial charge in [-0.3, -0.25) is 0 Å². The first kappa shape index (κ1) is 18.3. The third kappa shape index (κ3) is 4.60. The molecule has 0 aliphatic heterocycles. The summed E-state index contributed by atoms with van der Waals surface area (Å²) in [4.78, 5) is 16.8. The van der Waals surface area contributed by atoms with Gasteiger partial charge in [0.2, 0.25) is 11.7 Å². The predicted molar refractivity (Wildman–Crippen MR) is 105 cm³/mol. The fourth-order valence-electron chi connectivity index (χ4n) is 3.56. The molecule has 2 aromatic heterocycles. The van der Waals surface area contributed by atoms with Gasteiger partial charge in [-0.05, 0) is 36.6 Å². The zero-order chi connectivity index (χ0) is 19.2. The fourth-order valence-corrected chi connectivity index (χ4v) is 3.56. The summed E-state index contributed by atoms with van der Waals surface area (Å²) in [5.74, 6) is 1.44. The number of anilines is 1. The number of amides is 2. The van der Waals surface area contributed by atoms with E-state index in [1.165, 1.54) is 25.7 Å². The zero-order valence-corrected chi connectivity index (χ0v) is 15.7. The number of carbonyl (C=O) groups is 1. The summed E-state index contributed by atoms with van der Waals surface area (Å²) in [6, 6.07) is 11.3. The van der Waals surface area contributed by atoms with Crippen LogP contribution in [0.5, 0.6) is 0 Å². The number of nitrogens with one attached hydrogen (secondary N) is 2. The van der Waals surface area contributed by atoms with E-state index >= 15 is 0 Å². The van der Waals surface area contributed by atoms with Crippen LogP contribution in [0.15, 0.2) is 51.6 Å². The molecular formula is C21H24N4O3. The standard InChI is InChI=1S/C21H24N4O3/c26-21(22-16-9-3-1-2-4-10-16)23-17-11-6-5-8-15(17)14-19-24-20(25-28-19)18-12-7-13-27-18/h5-8,11-13,16H,1-4,9-10,14H2,(H2,22,23,26). The van der Waals surface area contributed by atoms with Crippen molar-refractivity contribution in [2.24, 2.45) is 0 Å². The van der Waals surface area contributed by atoms with Crippen molar-refractivity contribution in [1.29, 1.82) is 0 Å². The van der Waals surface area contributed by atoms with Crippen LogP contribution >= 0.6 is 0 Å². The van der Waals surface area contributed by atoms with Crippen LogP contribution < -0.4 is 10.6 Å². The highest BCUT2D eigenvalue weighted by Crippen LogP contribution is 2.22. The van der Waals surface area contributed by atoms with E-state index in [2.05, 4.69) is 20.8 Å². The number of hydrogen-bond donors (Lipinski definition) is 2. The van der Waals surface area contributed by atoms with Crippen molar-refractivity contribution in [3.05, 3.63) is 54.1 Å². The number of rotatable bonds is 5. The summed E-state index contributed by atoms with van der Waals surface area (Å²) >= 11 is 0. The molecule has 0 atom stereocenters. The highest BCUT2D eigenvalue weighted by atomic mass is 16.5. The summed E-state index contributed by atoms with van der Waals surface area (Å²) in [7, 11) is 0. The Balaban J connectivity index is 1.41. The summed E-state index contributed by atoms with van der Waals surface area (Å²) in [6.07, 6.45) is 8.96. The number of benzene rings is 1. The quantitative estimate of drug-likeness (QED) is 0.622. The molecule has 2 amide bonds. The van der Waals surface area contributed by atoms with Crippen LogP contribution in [0.2, 0.25) is 0 Å². The van der Waals surface area contributed by atoms with Crippen LogP contribution in [0.25, 0.3) is 11.6 Å². The van der Waals surface area contributed by atoms with E-state index in [9.17, 15) is 4.79 Å². The molecule has 1 fully saturated rings. The lowest BCUT2D eigenvalue weighted by molar-refractivity contribution is 0.247. The van der Waals surface area contributed by atoms with Gasteiger partial charge < -0.3 is 19.6 Å². The minimum atomic E-state index is -0.166. The molecule has 0 unspecified atom stereocenters. The monoisotopic (exact) mass is 380 g/mol. The molecule has 1 aromatic carbocycles. The van der Waals surface area contributed by atoms with Gasteiger partial charge in [0.05, 0.1) is 12.7 Å². The Morgan fingerprint density at radius 1 is 1.07 bits per heavy atom. The Hall–Kier alpha value is -3.09. The first-order chi connectivity index (χ1) is 13.8. The maximum atomic E-state index is 12.5. The first-order valence-electron chi connectivity index (χ1n) is 9.80. The number of nitrogens with zero attached hydrogens (tertiary/aromatic N) is 2. The van der Waals surface area contributed by atoms with Crippen LogP contribution in [0, 0.1) is 0 Å². The van der Waals surface area contributed by atoms with Gasteiger partial charge in [-0.2, -0.15) is 4.98 Å². The lowest BCUT2D eigenvalue weighted by atomic mass is 10.1. The average Bonchev–Trinajstić information content (AvgIpc) is 3.32. The SMILES string of the molecule is O=C(Nc1ccccc1Cc1nc(-c2ccco2)no1)NC1CCCCCC1. The van der Waals surface area contributed by atoms with Gasteiger partial charge in [0.15, 0.2) is 5.76 Å². The molecule has 2 heterocycles. The number of carbonyl (C=O) groups excluding carboxylic acids is 1. The minimum Gasteiger partial charge on any atom is -0.461 e. The summed E-state index contributed by atoms with van der Waals surface area (Å²) in [5, 5.41) is 10.0. The second-order valence-electron chi connectivity index (χ2n) is 7.11. The van der Waals surface area contributed by atoms with E-state index in [0.29, 0.717) is 23.9 Å². The van der Waals surface area contributed by atoms with Gasteiger partial charge in [0, 0.05) is 11.7 Å². The van der Waals surface area contributed by atoms with Crippen molar-refractivity contribution in [3.63, 3.8) is 0 Å². The predicted octanol–water partition coefficient (Wildman–Crippen LogP) is 4.76. The zero-order valence-electron chi connectivity index (χ0n) is 15.7. The third-order valence-corrected chi connectivity index (χ3v) is 5.01. The lowest BCUT2D eigenvalue weighted by Crippen LogP contribution is -2.37. The van der Waals surface area contributed by atoms with Crippen molar-refractivity contribution >= 4 is 11.7 Å². The molecule has 1 aliphatic carbocycles. The van der Waals surface area contributed by atoms with Crippen molar-refractivity contribution in [2.45, 2.75) is 51.0 Å². The minimum absolute atomic E-state index is 0.166. The normalized spacial score (nSPS) is 15.1. The fraction of sp³-hybridized carbons (Fsp3) is 0.381. The van der Waals surface area contributed by atoms with E-state index in [1.54, 1.807) is 18.4 Å². The summed E-state index contributed by atoms with van der Waals surface area (Å²) < 4.78 is 10.6. The molecule has 0 saturated heterocycles. The third-order valence-electron chi connectivity index (χ3n) is 5.01. The molecule has 7 heteroatoms. The Bertz CT molecular complexity index is 896. The van der Waals surface area contributed by atoms with Crippen LogP contribution in [-0.2, 0) is 6.42 Å². The largest absolute Gasteiger partial charge is 0.461 e. The molecule has 0 bridgehead atoms. The molecule has 1 saturated carbocycles. The van der Waals surface area contributed by atoms with Crippen LogP contribution in [-0.4, -0.2) is 22.2 Å². The first-order valence-corrected chi connectivity index (χ1v) is 9.80. The van der Waals surface area contributed by atoms with Crippen LogP contribution in [0.4, 0.5) is 10.5 Å². The lowest BCUT2D eigenvalue weighted by Gasteiger charge is -2.17. The van der Waals surface area contributed by atoms with Crippen LogP contribution in [0.3, 0.4) is 0 Å². The van der Waals surface area contributed by atoms with Crippen molar-refractivity contribution in [3.8, 4) is 11.6 Å². The van der Waals surface area contributed by atoms with Gasteiger partial charge in [0.25, 0.3) is 0 Å². The van der Waals surface area contributed by atoms with E-state index in [1.807, 2.05) is 24.3 Å². The highest BCUT2D eigenvalue weighted by Gasteiger charge is 2.17. The van der Waals surface area contributed by atoms with Crippen molar-refractivity contribution in [2.75, 3.05) is 5.32 Å². The number of para-hydroxylation sites is 1. The number of hydrogen-bond acceptors (Lipinski definition) is 5. The number of furan rings is 1. The van der Waals surface area contributed by atoms with Gasteiger partial charge in [-0.15, -0.1) is 0 Å². The molecule has 7 nitrogen and oxygen atoms in total. The van der Waals surface area contributed by atoms with E-state index < -0.39 is 0 Å². The summed E-state index contributed by atoms with van der Waals surface area (Å²) in [5.41, 5.74) is 1.65. The number of urea groups is 1. The molecule has 4 rings (SSSR count). The smallest absolute Gasteiger partial charge is 0.319 e. The van der Waals surface area contributed by atoms with E-state index in [0.717, 1.165) is 24.1 Å². The Morgan fingerprint density at radius 3 is 2.68 bits per heavy atom. The van der Waals surface area contributed by atoms with Gasteiger partial charge >= 0.3 is 6.03 Å². The highest BCUT2D eigenvalue weighted by molar-refractivity contribution is 5.90. The second-order valence-corrected chi connectivity index (χ2v) is 7.11. The maximum absolute atomic E-state index is 12.5. The van der Waals surface area contributed by atoms with E-state index in [4.69, 9.17) is 8.94 Å². The topological polar surface area (TPSA) is 93.2 Å².